The van der Waals surface area contributed by atoms with E-state index in [1.807, 2.05) is 6.92 Å². The largest absolute Gasteiger partial charge is 0.503 e. The third kappa shape index (κ3) is 3.84. The van der Waals surface area contributed by atoms with Gasteiger partial charge in [-0.1, -0.05) is 6.92 Å². The molecule has 0 spiro atoms. The molecule has 0 aliphatic carbocycles. The molecule has 22 heavy (non-hydrogen) atoms. The number of piperidine rings is 1. The standard InChI is InChI=1S/C14H17F3N2O2.ClH/c1-14(3-2-4-18-6-14)7-19-13(21)8-5-9(15)11(17)12(20)10(8)16;/h5,18,20H,2-4,6-7H2,1H3,(H,19,21);1H. The summed E-state index contributed by atoms with van der Waals surface area (Å²) in [6.07, 6.45) is 1.86. The summed E-state index contributed by atoms with van der Waals surface area (Å²) in [7, 11) is 0. The van der Waals surface area contributed by atoms with Gasteiger partial charge in [0.05, 0.1) is 5.56 Å². The number of hydrogen-bond donors (Lipinski definition) is 3. The maximum Gasteiger partial charge on any atom is 0.254 e. The molecule has 1 atom stereocenters. The van der Waals surface area contributed by atoms with E-state index in [0.717, 1.165) is 19.4 Å². The van der Waals surface area contributed by atoms with Crippen LogP contribution in [0.2, 0.25) is 0 Å². The monoisotopic (exact) mass is 338 g/mol. The predicted molar refractivity (Wildman–Crippen MR) is 77.8 cm³/mol. The van der Waals surface area contributed by atoms with Gasteiger partial charge in [-0.15, -0.1) is 12.4 Å². The molecule has 1 aliphatic heterocycles. The Labute approximate surface area is 132 Å². The summed E-state index contributed by atoms with van der Waals surface area (Å²) < 4.78 is 39.8. The number of hydrogen-bond acceptors (Lipinski definition) is 3. The van der Waals surface area contributed by atoms with Crippen LogP contribution in [-0.4, -0.2) is 30.6 Å². The van der Waals surface area contributed by atoms with Crippen molar-refractivity contribution in [2.75, 3.05) is 19.6 Å². The molecular formula is C14H18ClF3N2O2. The van der Waals surface area contributed by atoms with Crippen molar-refractivity contribution >= 4 is 18.3 Å². The number of benzene rings is 1. The van der Waals surface area contributed by atoms with Gasteiger partial charge in [0.15, 0.2) is 17.4 Å². The lowest BCUT2D eigenvalue weighted by molar-refractivity contribution is 0.0919. The van der Waals surface area contributed by atoms with Crippen molar-refractivity contribution in [3.63, 3.8) is 0 Å². The molecule has 2 rings (SSSR count). The van der Waals surface area contributed by atoms with Gasteiger partial charge < -0.3 is 15.7 Å². The summed E-state index contributed by atoms with van der Waals surface area (Å²) in [6.45, 7) is 3.87. The van der Waals surface area contributed by atoms with Crippen LogP contribution in [0.15, 0.2) is 6.07 Å². The lowest BCUT2D eigenvalue weighted by Gasteiger charge is -2.34. The molecule has 4 nitrogen and oxygen atoms in total. The molecule has 0 aromatic heterocycles. The number of rotatable bonds is 3. The highest BCUT2D eigenvalue weighted by molar-refractivity contribution is 5.95. The molecule has 1 aromatic rings. The second-order valence-electron chi connectivity index (χ2n) is 5.66. The topological polar surface area (TPSA) is 61.4 Å². The minimum absolute atomic E-state index is 0. The second-order valence-corrected chi connectivity index (χ2v) is 5.66. The number of aromatic hydroxyl groups is 1. The first-order valence-electron chi connectivity index (χ1n) is 6.69. The molecule has 1 amide bonds. The van der Waals surface area contributed by atoms with Gasteiger partial charge in [-0.05, 0) is 30.9 Å². The van der Waals surface area contributed by atoms with Crippen molar-refractivity contribution < 1.29 is 23.1 Å². The molecule has 0 bridgehead atoms. The number of amides is 1. The van der Waals surface area contributed by atoms with Crippen LogP contribution in [0.1, 0.15) is 30.1 Å². The van der Waals surface area contributed by atoms with E-state index >= 15 is 0 Å². The molecule has 1 heterocycles. The molecule has 1 aromatic carbocycles. The van der Waals surface area contributed by atoms with Crippen LogP contribution < -0.4 is 10.6 Å². The number of halogens is 4. The van der Waals surface area contributed by atoms with Gasteiger partial charge in [0.1, 0.15) is 0 Å². The highest BCUT2D eigenvalue weighted by atomic mass is 35.5. The molecule has 8 heteroatoms. The number of carbonyl (C=O) groups is 1. The van der Waals surface area contributed by atoms with Gasteiger partial charge in [-0.25, -0.2) is 8.78 Å². The van der Waals surface area contributed by atoms with Crippen molar-refractivity contribution in [1.29, 1.82) is 0 Å². The van der Waals surface area contributed by atoms with E-state index < -0.39 is 34.7 Å². The van der Waals surface area contributed by atoms with Crippen molar-refractivity contribution in [2.45, 2.75) is 19.8 Å². The molecule has 124 valence electrons. The zero-order valence-electron chi connectivity index (χ0n) is 12.0. The average molecular weight is 339 g/mol. The van der Waals surface area contributed by atoms with Crippen LogP contribution in [0.25, 0.3) is 0 Å². The minimum atomic E-state index is -1.70. The predicted octanol–water partition coefficient (Wildman–Crippen LogP) is 2.35. The van der Waals surface area contributed by atoms with E-state index in [0.29, 0.717) is 12.6 Å². The Bertz CT molecular complexity index is 564. The molecule has 0 radical (unpaired) electrons. The first-order valence-corrected chi connectivity index (χ1v) is 6.69. The van der Waals surface area contributed by atoms with Crippen molar-refractivity contribution in [3.8, 4) is 5.75 Å². The summed E-state index contributed by atoms with van der Waals surface area (Å²) in [5, 5.41) is 14.8. The third-order valence-electron chi connectivity index (χ3n) is 3.74. The Morgan fingerprint density at radius 2 is 2.09 bits per heavy atom. The molecule has 1 saturated heterocycles. The molecule has 0 saturated carbocycles. The Hall–Kier alpha value is -1.47. The second kappa shape index (κ2) is 7.19. The van der Waals surface area contributed by atoms with E-state index in [1.54, 1.807) is 0 Å². The molecule has 1 aliphatic rings. The molecule has 3 N–H and O–H groups in total. The maximum atomic E-state index is 13.6. The highest BCUT2D eigenvalue weighted by Gasteiger charge is 2.28. The molecule has 1 unspecified atom stereocenters. The van der Waals surface area contributed by atoms with Gasteiger partial charge >= 0.3 is 0 Å². The van der Waals surface area contributed by atoms with E-state index in [9.17, 15) is 18.0 Å². The van der Waals surface area contributed by atoms with Crippen LogP contribution in [0.3, 0.4) is 0 Å². The number of phenolic OH excluding ortho intramolecular Hbond substituents is 1. The van der Waals surface area contributed by atoms with Crippen LogP contribution >= 0.6 is 12.4 Å². The van der Waals surface area contributed by atoms with E-state index in [1.165, 1.54) is 0 Å². The summed E-state index contributed by atoms with van der Waals surface area (Å²) in [4.78, 5) is 11.9. The van der Waals surface area contributed by atoms with Gasteiger partial charge in [0.2, 0.25) is 5.82 Å². The summed E-state index contributed by atoms with van der Waals surface area (Å²) >= 11 is 0. The Kier molecular flexibility index (Phi) is 6.08. The summed E-state index contributed by atoms with van der Waals surface area (Å²) in [6, 6.07) is 0.446. The lowest BCUT2D eigenvalue weighted by Crippen LogP contribution is -2.45. The van der Waals surface area contributed by atoms with E-state index in [2.05, 4.69) is 10.6 Å². The van der Waals surface area contributed by atoms with Crippen LogP contribution in [-0.2, 0) is 0 Å². The highest BCUT2D eigenvalue weighted by Crippen LogP contribution is 2.27. The van der Waals surface area contributed by atoms with Crippen LogP contribution in [0, 0.1) is 22.9 Å². The fourth-order valence-electron chi connectivity index (χ4n) is 2.41. The molecular weight excluding hydrogens is 321 g/mol. The van der Waals surface area contributed by atoms with Gasteiger partial charge in [0, 0.05) is 13.1 Å². The fourth-order valence-corrected chi connectivity index (χ4v) is 2.41. The smallest absolute Gasteiger partial charge is 0.254 e. The number of nitrogens with one attached hydrogen (secondary N) is 2. The normalized spacial score (nSPS) is 21.1. The summed E-state index contributed by atoms with van der Waals surface area (Å²) in [5.41, 5.74) is -0.885. The van der Waals surface area contributed by atoms with Crippen LogP contribution in [0.5, 0.6) is 5.75 Å². The Morgan fingerprint density at radius 3 is 2.68 bits per heavy atom. The fraction of sp³-hybridized carbons (Fsp3) is 0.500. The lowest BCUT2D eigenvalue weighted by atomic mass is 9.83. The first-order chi connectivity index (χ1) is 9.84. The average Bonchev–Trinajstić information content (AvgIpc) is 2.47. The zero-order chi connectivity index (χ0) is 15.6. The van der Waals surface area contributed by atoms with Gasteiger partial charge in [-0.3, -0.25) is 4.79 Å². The zero-order valence-corrected chi connectivity index (χ0v) is 12.8. The van der Waals surface area contributed by atoms with Gasteiger partial charge in [0.25, 0.3) is 5.91 Å². The molecule has 1 fully saturated rings. The Morgan fingerprint density at radius 1 is 1.41 bits per heavy atom. The minimum Gasteiger partial charge on any atom is -0.503 e. The Balaban J connectivity index is 0.00000242. The summed E-state index contributed by atoms with van der Waals surface area (Å²) in [5.74, 6) is -6.99. The first kappa shape index (κ1) is 18.6. The van der Waals surface area contributed by atoms with Crippen molar-refractivity contribution in [1.82, 2.24) is 10.6 Å². The quantitative estimate of drug-likeness (QED) is 0.741. The number of phenols is 1. The maximum absolute atomic E-state index is 13.6. The van der Waals surface area contributed by atoms with Crippen molar-refractivity contribution in [2.24, 2.45) is 5.41 Å². The van der Waals surface area contributed by atoms with E-state index in [-0.39, 0.29) is 24.4 Å². The van der Waals surface area contributed by atoms with Crippen molar-refractivity contribution in [3.05, 3.63) is 29.1 Å². The number of carbonyl (C=O) groups excluding carboxylic acids is 1. The van der Waals surface area contributed by atoms with E-state index in [4.69, 9.17) is 5.11 Å². The third-order valence-corrected chi connectivity index (χ3v) is 3.74. The van der Waals surface area contributed by atoms with Gasteiger partial charge in [-0.2, -0.15) is 4.39 Å². The van der Waals surface area contributed by atoms with Crippen LogP contribution in [0.4, 0.5) is 13.2 Å². The SMILES string of the molecule is CC1(CNC(=O)c2cc(F)c(F)c(O)c2F)CCCNC1.Cl.